The Morgan fingerprint density at radius 3 is 2.41 bits per heavy atom. The molecule has 1 atom stereocenters. The van der Waals surface area contributed by atoms with Crippen molar-refractivity contribution in [2.45, 2.75) is 31.8 Å². The summed E-state index contributed by atoms with van der Waals surface area (Å²) >= 11 is 0. The zero-order valence-electron chi connectivity index (χ0n) is 18.2. The third kappa shape index (κ3) is 6.87. The van der Waals surface area contributed by atoms with E-state index < -0.39 is 0 Å². The van der Waals surface area contributed by atoms with Crippen LogP contribution < -0.4 is 15.5 Å². The van der Waals surface area contributed by atoms with Crippen LogP contribution in [0.2, 0.25) is 0 Å². The maximum absolute atomic E-state index is 12.4. The number of hydrogen-bond acceptors (Lipinski definition) is 5. The first-order valence-corrected chi connectivity index (χ1v) is 10.9. The second-order valence-corrected chi connectivity index (χ2v) is 8.45. The molecule has 0 saturated carbocycles. The monoisotopic (exact) mass is 403 g/mol. The zero-order valence-corrected chi connectivity index (χ0v) is 18.2. The third-order valence-corrected chi connectivity index (χ3v) is 5.90. The summed E-state index contributed by atoms with van der Waals surface area (Å²) in [5.74, 6) is 0. The number of ether oxygens (including phenoxy) is 1. The molecule has 2 saturated heterocycles. The summed E-state index contributed by atoms with van der Waals surface area (Å²) in [6.45, 7) is 9.77. The maximum Gasteiger partial charge on any atom is 0.315 e. The summed E-state index contributed by atoms with van der Waals surface area (Å²) in [6.07, 6.45) is 2.03. The number of carbonyl (C=O) groups is 1. The predicted molar refractivity (Wildman–Crippen MR) is 118 cm³/mol. The van der Waals surface area contributed by atoms with Crippen LogP contribution in [-0.4, -0.2) is 88.5 Å². The Morgan fingerprint density at radius 1 is 1.14 bits per heavy atom. The van der Waals surface area contributed by atoms with E-state index in [1.807, 2.05) is 6.92 Å². The number of nitrogens with one attached hydrogen (secondary N) is 2. The number of anilines is 1. The lowest BCUT2D eigenvalue weighted by Crippen LogP contribution is -2.49. The number of morpholine rings is 1. The smallest absolute Gasteiger partial charge is 0.315 e. The number of carbonyl (C=O) groups excluding carboxylic acids is 1. The summed E-state index contributed by atoms with van der Waals surface area (Å²) in [6, 6.07) is 8.68. The van der Waals surface area contributed by atoms with Gasteiger partial charge < -0.3 is 30.1 Å². The molecular formula is C22H37N5O2. The Labute approximate surface area is 175 Å². The van der Waals surface area contributed by atoms with Crippen LogP contribution in [0.5, 0.6) is 0 Å². The van der Waals surface area contributed by atoms with Crippen molar-refractivity contribution in [1.29, 1.82) is 0 Å². The van der Waals surface area contributed by atoms with Gasteiger partial charge in [-0.25, -0.2) is 4.79 Å². The average Bonchev–Trinajstić information content (AvgIpc) is 2.74. The van der Waals surface area contributed by atoms with Crippen LogP contribution >= 0.6 is 0 Å². The van der Waals surface area contributed by atoms with Crippen molar-refractivity contribution in [3.63, 3.8) is 0 Å². The average molecular weight is 404 g/mol. The van der Waals surface area contributed by atoms with E-state index in [-0.39, 0.29) is 18.1 Å². The molecule has 0 bridgehead atoms. The number of likely N-dealkylation sites (N-methyl/N-ethyl adjacent to an activating group) is 1. The fraction of sp³-hybridized carbons (Fsp3) is 0.682. The SMILES string of the molecule is CC(NC(=O)NC1CCN(CCN(C)C)CC1)c1ccc(N2CCOCC2)cc1. The number of likely N-dealkylation sites (tertiary alicyclic amines) is 1. The first kappa shape index (κ1) is 21.9. The number of rotatable bonds is 7. The first-order chi connectivity index (χ1) is 14.0. The van der Waals surface area contributed by atoms with Crippen LogP contribution in [0.25, 0.3) is 0 Å². The van der Waals surface area contributed by atoms with Crippen molar-refractivity contribution in [3.8, 4) is 0 Å². The molecule has 0 radical (unpaired) electrons. The van der Waals surface area contributed by atoms with Crippen molar-refractivity contribution in [2.24, 2.45) is 0 Å². The Kier molecular flexibility index (Phi) is 8.15. The molecule has 2 aliphatic heterocycles. The molecule has 7 nitrogen and oxygen atoms in total. The summed E-state index contributed by atoms with van der Waals surface area (Å²) in [7, 11) is 4.21. The van der Waals surface area contributed by atoms with Gasteiger partial charge >= 0.3 is 6.03 Å². The second kappa shape index (κ2) is 10.8. The summed E-state index contributed by atoms with van der Waals surface area (Å²) in [5.41, 5.74) is 2.34. The van der Waals surface area contributed by atoms with Crippen LogP contribution in [0.15, 0.2) is 24.3 Å². The van der Waals surface area contributed by atoms with Crippen LogP contribution in [-0.2, 0) is 4.74 Å². The topological polar surface area (TPSA) is 60.1 Å². The molecular weight excluding hydrogens is 366 g/mol. The van der Waals surface area contributed by atoms with Crippen molar-refractivity contribution in [3.05, 3.63) is 29.8 Å². The first-order valence-electron chi connectivity index (χ1n) is 10.9. The number of benzene rings is 1. The molecule has 29 heavy (non-hydrogen) atoms. The van der Waals surface area contributed by atoms with E-state index in [0.29, 0.717) is 0 Å². The van der Waals surface area contributed by atoms with Crippen molar-refractivity contribution < 1.29 is 9.53 Å². The molecule has 3 rings (SSSR count). The molecule has 0 aromatic heterocycles. The molecule has 1 unspecified atom stereocenters. The van der Waals surface area contributed by atoms with Crippen molar-refractivity contribution in [1.82, 2.24) is 20.4 Å². The van der Waals surface area contributed by atoms with Gasteiger partial charge in [-0.05, 0) is 51.6 Å². The fourth-order valence-electron chi connectivity index (χ4n) is 3.94. The molecule has 0 spiro atoms. The van der Waals surface area contributed by atoms with Gasteiger partial charge in [0.25, 0.3) is 0 Å². The molecule has 2 fully saturated rings. The van der Waals surface area contributed by atoms with Crippen LogP contribution in [0, 0.1) is 0 Å². The third-order valence-electron chi connectivity index (χ3n) is 5.90. The molecule has 2 heterocycles. The Morgan fingerprint density at radius 2 is 1.79 bits per heavy atom. The minimum absolute atomic E-state index is 0.0195. The second-order valence-electron chi connectivity index (χ2n) is 8.45. The van der Waals surface area contributed by atoms with Crippen LogP contribution in [0.4, 0.5) is 10.5 Å². The molecule has 2 amide bonds. The molecule has 1 aromatic carbocycles. The van der Waals surface area contributed by atoms with E-state index in [1.165, 1.54) is 5.69 Å². The normalized spacial score (nSPS) is 19.9. The number of amides is 2. The van der Waals surface area contributed by atoms with Gasteiger partial charge in [-0.15, -0.1) is 0 Å². The van der Waals surface area contributed by atoms with Crippen LogP contribution in [0.1, 0.15) is 31.4 Å². The van der Waals surface area contributed by atoms with Gasteiger partial charge in [-0.3, -0.25) is 0 Å². The largest absolute Gasteiger partial charge is 0.378 e. The van der Waals surface area contributed by atoms with Gasteiger partial charge in [0.15, 0.2) is 0 Å². The van der Waals surface area contributed by atoms with Gasteiger partial charge in [0.1, 0.15) is 0 Å². The Bertz CT molecular complexity index is 623. The lowest BCUT2D eigenvalue weighted by atomic mass is 10.1. The number of nitrogens with zero attached hydrogens (tertiary/aromatic N) is 3. The lowest BCUT2D eigenvalue weighted by molar-refractivity contribution is 0.122. The standard InChI is InChI=1S/C22H37N5O2/c1-18(19-4-6-21(7-5-19)27-14-16-29-17-15-27)23-22(28)24-20-8-10-26(11-9-20)13-12-25(2)3/h4-7,18,20H,8-17H2,1-3H3,(H2,23,24,28). The number of urea groups is 1. The number of piperidine rings is 1. The predicted octanol–water partition coefficient (Wildman–Crippen LogP) is 1.91. The molecule has 1 aromatic rings. The highest BCUT2D eigenvalue weighted by atomic mass is 16.5. The highest BCUT2D eigenvalue weighted by Gasteiger charge is 2.21. The summed E-state index contributed by atoms with van der Waals surface area (Å²) in [4.78, 5) is 19.5. The molecule has 2 N–H and O–H groups in total. The van der Waals surface area contributed by atoms with Crippen molar-refractivity contribution in [2.75, 3.05) is 71.5 Å². The van der Waals surface area contributed by atoms with E-state index in [4.69, 9.17) is 4.74 Å². The van der Waals surface area contributed by atoms with Crippen molar-refractivity contribution >= 4 is 11.7 Å². The van der Waals surface area contributed by atoms with Gasteiger partial charge in [0, 0.05) is 51.0 Å². The van der Waals surface area contributed by atoms with Gasteiger partial charge in [0.2, 0.25) is 0 Å². The van der Waals surface area contributed by atoms with Crippen LogP contribution in [0.3, 0.4) is 0 Å². The minimum Gasteiger partial charge on any atom is -0.378 e. The van der Waals surface area contributed by atoms with E-state index >= 15 is 0 Å². The quantitative estimate of drug-likeness (QED) is 0.728. The fourth-order valence-corrected chi connectivity index (χ4v) is 3.94. The Balaban J connectivity index is 1.40. The molecule has 0 aliphatic carbocycles. The summed E-state index contributed by atoms with van der Waals surface area (Å²) in [5, 5.41) is 6.25. The van der Waals surface area contributed by atoms with Gasteiger partial charge in [-0.1, -0.05) is 12.1 Å². The molecule has 162 valence electrons. The molecule has 7 heteroatoms. The van der Waals surface area contributed by atoms with E-state index in [1.54, 1.807) is 0 Å². The highest BCUT2D eigenvalue weighted by Crippen LogP contribution is 2.20. The summed E-state index contributed by atoms with van der Waals surface area (Å²) < 4.78 is 5.42. The lowest BCUT2D eigenvalue weighted by Gasteiger charge is -2.33. The Hall–Kier alpha value is -1.83. The van der Waals surface area contributed by atoms with E-state index in [2.05, 4.69) is 63.7 Å². The minimum atomic E-state index is -0.0681. The van der Waals surface area contributed by atoms with E-state index in [0.717, 1.165) is 70.9 Å². The highest BCUT2D eigenvalue weighted by molar-refractivity contribution is 5.74. The van der Waals surface area contributed by atoms with Gasteiger partial charge in [0.05, 0.1) is 19.3 Å². The van der Waals surface area contributed by atoms with E-state index in [9.17, 15) is 4.79 Å². The zero-order chi connectivity index (χ0) is 20.6. The molecule has 2 aliphatic rings. The van der Waals surface area contributed by atoms with Gasteiger partial charge in [-0.2, -0.15) is 0 Å². The maximum atomic E-state index is 12.4. The number of hydrogen-bond donors (Lipinski definition) is 2.